The average Bonchev–Trinajstić information content (AvgIpc) is 3.25. The fourth-order valence-electron chi connectivity index (χ4n) is 3.56. The van der Waals surface area contributed by atoms with Crippen molar-refractivity contribution in [1.29, 1.82) is 0 Å². The summed E-state index contributed by atoms with van der Waals surface area (Å²) < 4.78 is 75.1. The van der Waals surface area contributed by atoms with Gasteiger partial charge in [0, 0.05) is 43.8 Å². The van der Waals surface area contributed by atoms with Crippen molar-refractivity contribution >= 4 is 21.8 Å². The number of likely N-dealkylation sites (N-methyl/N-ethyl adjacent to an activating group) is 1. The predicted octanol–water partition coefficient (Wildman–Crippen LogP) is 3.35. The minimum Gasteiger partial charge on any atom is -0.449 e. The Kier molecular flexibility index (Phi) is 8.20. The molecule has 0 aromatic heterocycles. The number of alkyl halides is 3. The van der Waals surface area contributed by atoms with E-state index in [1.54, 1.807) is 24.1 Å². The first kappa shape index (κ1) is 26.3. The van der Waals surface area contributed by atoms with E-state index in [0.29, 0.717) is 31.9 Å². The lowest BCUT2D eigenvalue weighted by molar-refractivity contribution is -0.274. The molecule has 0 spiro atoms. The van der Waals surface area contributed by atoms with Crippen LogP contribution in [0.1, 0.15) is 25.3 Å². The van der Waals surface area contributed by atoms with Crippen molar-refractivity contribution < 1.29 is 35.9 Å². The molecule has 192 valence electrons. The Balaban J connectivity index is 1.95. The standard InChI is InChI=1S/C22H27F3N4O5S/c1-3-4-11-33-21(30)27-35(31,32)20-8-6-17(34-22(23,24)25)12-18(20)19-7-5-16(13-28(19)2)14-29-10-9-26-15-29/h5-10,12,26H,3-4,11,13-15H2,1-2H3,(H,27,30). The van der Waals surface area contributed by atoms with Crippen LogP contribution in [0.5, 0.6) is 5.75 Å². The molecule has 2 heterocycles. The minimum absolute atomic E-state index is 0.0340. The second-order valence-electron chi connectivity index (χ2n) is 7.96. The Morgan fingerprint density at radius 1 is 1.26 bits per heavy atom. The summed E-state index contributed by atoms with van der Waals surface area (Å²) in [5.41, 5.74) is 1.30. The van der Waals surface area contributed by atoms with Crippen LogP contribution in [0, 0.1) is 0 Å². The lowest BCUT2D eigenvalue weighted by atomic mass is 10.0. The van der Waals surface area contributed by atoms with Crippen LogP contribution in [-0.4, -0.2) is 64.1 Å². The lowest BCUT2D eigenvalue weighted by Gasteiger charge is -2.30. The van der Waals surface area contributed by atoms with Crippen LogP contribution in [0.15, 0.2) is 53.2 Å². The molecule has 9 nitrogen and oxygen atoms in total. The topological polar surface area (TPSA) is 100 Å². The van der Waals surface area contributed by atoms with Crippen molar-refractivity contribution in [2.75, 3.05) is 33.4 Å². The van der Waals surface area contributed by atoms with Gasteiger partial charge in [0.25, 0.3) is 10.0 Å². The Bertz CT molecular complexity index is 1130. The van der Waals surface area contributed by atoms with Crippen LogP contribution < -0.4 is 14.8 Å². The smallest absolute Gasteiger partial charge is 0.449 e. The van der Waals surface area contributed by atoms with Crippen molar-refractivity contribution in [3.63, 3.8) is 0 Å². The molecule has 0 saturated heterocycles. The van der Waals surface area contributed by atoms with Gasteiger partial charge in [-0.2, -0.15) is 0 Å². The molecule has 13 heteroatoms. The fraction of sp³-hybridized carbons (Fsp3) is 0.409. The summed E-state index contributed by atoms with van der Waals surface area (Å²) in [5.74, 6) is -0.589. The third-order valence-electron chi connectivity index (χ3n) is 5.13. The number of ether oxygens (including phenoxy) is 2. The van der Waals surface area contributed by atoms with Crippen molar-refractivity contribution in [1.82, 2.24) is 19.8 Å². The van der Waals surface area contributed by atoms with Crippen LogP contribution >= 0.6 is 0 Å². The van der Waals surface area contributed by atoms with E-state index < -0.39 is 28.2 Å². The number of allylic oxidation sites excluding steroid dienone is 2. The number of nitrogens with zero attached hydrogens (tertiary/aromatic N) is 2. The third-order valence-corrected chi connectivity index (χ3v) is 6.50. The number of unbranched alkanes of at least 4 members (excludes halogenated alkanes) is 1. The summed E-state index contributed by atoms with van der Waals surface area (Å²) in [6.07, 6.45) is 2.30. The second-order valence-corrected chi connectivity index (χ2v) is 9.61. The molecule has 1 aromatic carbocycles. The van der Waals surface area contributed by atoms with Gasteiger partial charge in [-0.25, -0.2) is 17.9 Å². The number of hydrogen-bond acceptors (Lipinski definition) is 8. The molecule has 0 atom stereocenters. The zero-order valence-corrected chi connectivity index (χ0v) is 20.1. The summed E-state index contributed by atoms with van der Waals surface area (Å²) in [4.78, 5) is 15.3. The molecule has 1 aromatic rings. The van der Waals surface area contributed by atoms with Crippen LogP contribution in [0.2, 0.25) is 0 Å². The fourth-order valence-corrected chi connectivity index (χ4v) is 4.65. The van der Waals surface area contributed by atoms with Crippen molar-refractivity contribution in [2.45, 2.75) is 31.0 Å². The van der Waals surface area contributed by atoms with E-state index in [2.05, 4.69) is 10.1 Å². The predicted molar refractivity (Wildman–Crippen MR) is 122 cm³/mol. The van der Waals surface area contributed by atoms with Crippen molar-refractivity contribution in [3.8, 4) is 5.75 Å². The third kappa shape index (κ3) is 7.31. The molecular formula is C22H27F3N4O5S. The Morgan fingerprint density at radius 3 is 2.66 bits per heavy atom. The highest BCUT2D eigenvalue weighted by molar-refractivity contribution is 7.90. The van der Waals surface area contributed by atoms with Crippen LogP contribution in [0.4, 0.5) is 18.0 Å². The maximum atomic E-state index is 13.0. The van der Waals surface area contributed by atoms with Crippen LogP contribution in [0.25, 0.3) is 5.70 Å². The molecule has 0 aliphatic carbocycles. The number of nitrogens with one attached hydrogen (secondary N) is 2. The normalized spacial score (nSPS) is 15.9. The number of carbonyl (C=O) groups is 1. The van der Waals surface area contributed by atoms with Gasteiger partial charge in [0.15, 0.2) is 0 Å². The van der Waals surface area contributed by atoms with Gasteiger partial charge in [-0.3, -0.25) is 0 Å². The first-order valence-corrected chi connectivity index (χ1v) is 12.3. The van der Waals surface area contributed by atoms with E-state index in [-0.39, 0.29) is 17.1 Å². The molecule has 0 saturated carbocycles. The van der Waals surface area contributed by atoms with Gasteiger partial charge in [0.1, 0.15) is 5.75 Å². The van der Waals surface area contributed by atoms with E-state index in [4.69, 9.17) is 4.74 Å². The van der Waals surface area contributed by atoms with E-state index in [9.17, 15) is 26.4 Å². The van der Waals surface area contributed by atoms with Gasteiger partial charge in [0.2, 0.25) is 0 Å². The SMILES string of the molecule is CCCCOC(=O)NS(=O)(=O)c1ccc(OC(F)(F)F)cc1C1=CC=C(CN2C=CNC2)CN1C. The van der Waals surface area contributed by atoms with Gasteiger partial charge in [-0.15, -0.1) is 13.2 Å². The monoisotopic (exact) mass is 516 g/mol. The largest absolute Gasteiger partial charge is 0.573 e. The van der Waals surface area contributed by atoms with Gasteiger partial charge < -0.3 is 24.6 Å². The maximum absolute atomic E-state index is 13.0. The highest BCUT2D eigenvalue weighted by Gasteiger charge is 2.33. The zero-order chi connectivity index (χ0) is 25.6. The molecule has 2 N–H and O–H groups in total. The minimum atomic E-state index is -4.96. The first-order valence-electron chi connectivity index (χ1n) is 10.8. The van der Waals surface area contributed by atoms with E-state index in [1.807, 2.05) is 28.9 Å². The summed E-state index contributed by atoms with van der Waals surface area (Å²) in [7, 11) is -2.78. The molecule has 2 aliphatic rings. The average molecular weight is 517 g/mol. The molecule has 3 rings (SSSR count). The number of benzene rings is 1. The highest BCUT2D eigenvalue weighted by atomic mass is 32.2. The number of amides is 1. The second kappa shape index (κ2) is 10.9. The molecule has 0 fully saturated rings. The highest BCUT2D eigenvalue weighted by Crippen LogP contribution is 2.33. The van der Waals surface area contributed by atoms with Gasteiger partial charge in [-0.05, 0) is 36.3 Å². The van der Waals surface area contributed by atoms with Crippen LogP contribution in [0.3, 0.4) is 0 Å². The number of halogens is 3. The first-order chi connectivity index (χ1) is 16.5. The Labute approximate surface area is 201 Å². The molecular weight excluding hydrogens is 489 g/mol. The van der Waals surface area contributed by atoms with Gasteiger partial charge in [0.05, 0.1) is 18.2 Å². The van der Waals surface area contributed by atoms with Crippen molar-refractivity contribution in [3.05, 3.63) is 53.9 Å². The molecule has 0 bridgehead atoms. The summed E-state index contributed by atoms with van der Waals surface area (Å²) >= 11 is 0. The Morgan fingerprint density at radius 2 is 2.03 bits per heavy atom. The summed E-state index contributed by atoms with van der Waals surface area (Å²) in [5, 5.41) is 3.06. The van der Waals surface area contributed by atoms with E-state index >= 15 is 0 Å². The van der Waals surface area contributed by atoms with Crippen LogP contribution in [-0.2, 0) is 14.8 Å². The van der Waals surface area contributed by atoms with Gasteiger partial charge in [-0.1, -0.05) is 19.4 Å². The number of hydrogen-bond donors (Lipinski definition) is 2. The number of carbonyl (C=O) groups excluding carboxylic acids is 1. The van der Waals surface area contributed by atoms with Gasteiger partial charge >= 0.3 is 12.5 Å². The molecule has 0 radical (unpaired) electrons. The number of sulfonamides is 1. The molecule has 1 amide bonds. The van der Waals surface area contributed by atoms with E-state index in [1.165, 1.54) is 0 Å². The molecule has 35 heavy (non-hydrogen) atoms. The lowest BCUT2D eigenvalue weighted by Crippen LogP contribution is -2.33. The Hall–Kier alpha value is -3.35. The van der Waals surface area contributed by atoms with E-state index in [0.717, 1.165) is 30.2 Å². The molecule has 0 unspecified atom stereocenters. The zero-order valence-electron chi connectivity index (χ0n) is 19.3. The van der Waals surface area contributed by atoms with Crippen molar-refractivity contribution in [2.24, 2.45) is 0 Å². The summed E-state index contributed by atoms with van der Waals surface area (Å²) in [6, 6.07) is 2.83. The number of rotatable bonds is 9. The molecule has 2 aliphatic heterocycles. The quantitative estimate of drug-likeness (QED) is 0.482. The maximum Gasteiger partial charge on any atom is 0.573 e. The summed E-state index contributed by atoms with van der Waals surface area (Å²) in [6.45, 7) is 3.59.